The summed E-state index contributed by atoms with van der Waals surface area (Å²) < 4.78 is 56.3. The molecule has 0 radical (unpaired) electrons. The van der Waals surface area contributed by atoms with E-state index in [-0.39, 0.29) is 10.8 Å². The van der Waals surface area contributed by atoms with Crippen LogP contribution in [0, 0.1) is 48.3 Å². The molecule has 2 aliphatic heterocycles. The van der Waals surface area contributed by atoms with Crippen LogP contribution in [0.4, 0.5) is 0 Å². The van der Waals surface area contributed by atoms with Gasteiger partial charge in [-0.3, -0.25) is 0 Å². The highest BCUT2D eigenvalue weighted by atomic mass is 32.1. The van der Waals surface area contributed by atoms with Crippen LogP contribution in [0.15, 0.2) is 36.4 Å². The van der Waals surface area contributed by atoms with Crippen molar-refractivity contribution in [1.29, 1.82) is 0 Å². The van der Waals surface area contributed by atoms with Gasteiger partial charge in [0, 0.05) is 26.8 Å². The summed E-state index contributed by atoms with van der Waals surface area (Å²) in [6, 6.07) is 13.4. The van der Waals surface area contributed by atoms with Crippen LogP contribution >= 0.6 is 34.0 Å². The first kappa shape index (κ1) is 62.5. The quantitative estimate of drug-likeness (QED) is 0.0422. The zero-order chi connectivity index (χ0) is 56.7. The van der Waals surface area contributed by atoms with Crippen molar-refractivity contribution < 1.29 is 37.9 Å². The number of thiophene rings is 3. The molecule has 79 heavy (non-hydrogen) atoms. The maximum Gasteiger partial charge on any atom is 0.181 e. The smallest absolute Gasteiger partial charge is 0.181 e. The van der Waals surface area contributed by atoms with E-state index in [1.807, 2.05) is 0 Å². The minimum Gasteiger partial charge on any atom is -0.493 e. The molecule has 438 valence electrons. The number of fused-ring (bicyclic) bond motifs is 2. The fourth-order valence-electron chi connectivity index (χ4n) is 10.5. The Kier molecular flexibility index (Phi) is 23.6. The molecule has 0 amide bonds. The Balaban J connectivity index is 1.46. The van der Waals surface area contributed by atoms with Gasteiger partial charge in [-0.15, -0.1) is 34.0 Å². The minimum atomic E-state index is -0.240. The molecule has 5 heterocycles. The van der Waals surface area contributed by atoms with Crippen LogP contribution in [0.3, 0.4) is 0 Å². The molecular weight excluding hydrogens is 1040 g/mol. The third-order valence-electron chi connectivity index (χ3n) is 16.2. The summed E-state index contributed by atoms with van der Waals surface area (Å²) in [5, 5.41) is 0. The van der Waals surface area contributed by atoms with Gasteiger partial charge >= 0.3 is 0 Å². The molecule has 0 N–H and O–H groups in total. The number of hydrogen-bond acceptors (Lipinski definition) is 11. The maximum atomic E-state index is 7.37. The van der Waals surface area contributed by atoms with Gasteiger partial charge in [0.2, 0.25) is 0 Å². The van der Waals surface area contributed by atoms with Gasteiger partial charge in [-0.05, 0) is 99.1 Å². The van der Waals surface area contributed by atoms with Gasteiger partial charge in [0.15, 0.2) is 34.5 Å². The molecule has 2 aliphatic rings. The Morgan fingerprint density at radius 3 is 1.24 bits per heavy atom. The molecule has 3 aromatic heterocycles. The number of hydrogen-bond donors (Lipinski definition) is 0. The average Bonchev–Trinajstić information content (AvgIpc) is 4.22. The number of rotatable bonds is 32. The number of benzene rings is 2. The molecule has 0 saturated carbocycles. The first-order chi connectivity index (χ1) is 38.1. The molecule has 0 bridgehead atoms. The minimum absolute atomic E-state index is 0.150. The van der Waals surface area contributed by atoms with Crippen LogP contribution in [0.2, 0.25) is 0 Å². The summed E-state index contributed by atoms with van der Waals surface area (Å²) in [4.78, 5) is 6.10. The highest BCUT2D eigenvalue weighted by Crippen LogP contribution is 2.64. The Morgan fingerprint density at radius 1 is 0.430 bits per heavy atom. The van der Waals surface area contributed by atoms with Gasteiger partial charge in [0.1, 0.15) is 11.5 Å². The van der Waals surface area contributed by atoms with Gasteiger partial charge in [0.25, 0.3) is 0 Å². The first-order valence-electron chi connectivity index (χ1n) is 30.9. The fraction of sp³-hybridized carbons (Fsp3) is 0.647. The van der Waals surface area contributed by atoms with Gasteiger partial charge in [0.05, 0.1) is 77.2 Å². The van der Waals surface area contributed by atoms with Crippen LogP contribution in [-0.2, 0) is 0 Å². The summed E-state index contributed by atoms with van der Waals surface area (Å²) in [6.45, 7) is 36.1. The summed E-state index contributed by atoms with van der Waals surface area (Å²) in [6.07, 6.45) is 18.2. The highest BCUT2D eigenvalue weighted by molar-refractivity contribution is 7.28. The van der Waals surface area contributed by atoms with Crippen LogP contribution in [0.25, 0.3) is 41.1 Å². The number of aryl methyl sites for hydroxylation is 2. The Labute approximate surface area is 490 Å². The molecule has 5 aromatic rings. The third-order valence-corrected chi connectivity index (χ3v) is 19.9. The summed E-state index contributed by atoms with van der Waals surface area (Å²) in [5.41, 5.74) is 3.88. The van der Waals surface area contributed by atoms with Gasteiger partial charge in [-0.2, -0.15) is 0 Å². The molecule has 8 nitrogen and oxygen atoms in total. The number of ether oxygens (including phenoxy) is 8. The largest absolute Gasteiger partial charge is 0.493 e. The topological polar surface area (TPSA) is 73.8 Å². The second-order valence-electron chi connectivity index (χ2n) is 24.6. The van der Waals surface area contributed by atoms with E-state index in [1.54, 1.807) is 34.0 Å². The predicted octanol–water partition coefficient (Wildman–Crippen LogP) is 21.1. The molecule has 11 heteroatoms. The summed E-state index contributed by atoms with van der Waals surface area (Å²) in [7, 11) is 0. The molecule has 4 unspecified atom stereocenters. The van der Waals surface area contributed by atoms with Crippen molar-refractivity contribution in [2.75, 3.05) is 52.9 Å². The zero-order valence-corrected chi connectivity index (χ0v) is 53.7. The van der Waals surface area contributed by atoms with Crippen LogP contribution in [0.1, 0.15) is 196 Å². The first-order valence-corrected chi connectivity index (χ1v) is 33.3. The van der Waals surface area contributed by atoms with E-state index in [1.165, 1.54) is 37.7 Å². The van der Waals surface area contributed by atoms with Crippen molar-refractivity contribution >= 4 is 34.0 Å². The molecule has 7 rings (SSSR count). The van der Waals surface area contributed by atoms with Crippen LogP contribution in [0.5, 0.6) is 46.0 Å². The average molecular weight is 1140 g/mol. The van der Waals surface area contributed by atoms with Crippen molar-refractivity contribution in [2.24, 2.45) is 34.5 Å². The zero-order valence-electron chi connectivity index (χ0n) is 51.2. The Morgan fingerprint density at radius 2 is 0.797 bits per heavy atom. The molecular formula is C68H100O8S3. The van der Waals surface area contributed by atoms with Gasteiger partial charge in [-0.1, -0.05) is 172 Å². The van der Waals surface area contributed by atoms with Gasteiger partial charge < -0.3 is 37.9 Å². The van der Waals surface area contributed by atoms with Crippen molar-refractivity contribution in [3.63, 3.8) is 0 Å². The Bertz CT molecular complexity index is 2670. The van der Waals surface area contributed by atoms with Crippen molar-refractivity contribution in [3.05, 3.63) is 46.8 Å². The molecule has 0 spiro atoms. The van der Waals surface area contributed by atoms with E-state index in [9.17, 15) is 0 Å². The van der Waals surface area contributed by atoms with E-state index < -0.39 is 0 Å². The Hall–Kier alpha value is -4.06. The summed E-state index contributed by atoms with van der Waals surface area (Å²) >= 11 is 5.18. The molecule has 0 saturated heterocycles. The second kappa shape index (κ2) is 29.8. The highest BCUT2D eigenvalue weighted by Gasteiger charge is 2.38. The van der Waals surface area contributed by atoms with E-state index in [0.717, 1.165) is 163 Å². The predicted molar refractivity (Wildman–Crippen MR) is 336 cm³/mol. The lowest BCUT2D eigenvalue weighted by Gasteiger charge is -2.22. The lowest BCUT2D eigenvalue weighted by Crippen LogP contribution is -2.26. The standard InChI is InChI=1S/C68H100O8S3/c1-15-23-27-47(19-5)37-69-54-33-31-45(9)35-52(54)53-36-51(32-34-55(53)70-38-48(20-6)28-24-16-2)62-58-61(76-44-68(13,14)43-75-58)66(78-62)65-60(72-40-50(22-8)30-26-18-4)59(71-39-49(21-7)29-25-17-3)64(79-65)63-57-56(46(10)77-63)73-41-67(11,12)42-74-57/h31-36,47-50H,15-30,37-44H2,1-14H3. The van der Waals surface area contributed by atoms with E-state index in [4.69, 9.17) is 37.9 Å². The summed E-state index contributed by atoms with van der Waals surface area (Å²) in [5.74, 6) is 8.23. The van der Waals surface area contributed by atoms with E-state index in [0.29, 0.717) is 76.5 Å². The molecule has 4 atom stereocenters. The number of unbranched alkanes of at least 4 members (excludes halogenated alkanes) is 4. The van der Waals surface area contributed by atoms with Crippen molar-refractivity contribution in [1.82, 2.24) is 0 Å². The van der Waals surface area contributed by atoms with E-state index in [2.05, 4.69) is 133 Å². The third kappa shape index (κ3) is 16.1. The normalized spacial score (nSPS) is 16.2. The van der Waals surface area contributed by atoms with Gasteiger partial charge in [-0.25, -0.2) is 0 Å². The van der Waals surface area contributed by atoms with Crippen LogP contribution < -0.4 is 37.9 Å². The second-order valence-corrected chi connectivity index (χ2v) is 27.9. The maximum absolute atomic E-state index is 7.37. The fourth-order valence-corrected chi connectivity index (χ4v) is 14.1. The van der Waals surface area contributed by atoms with E-state index >= 15 is 0 Å². The lowest BCUT2D eigenvalue weighted by molar-refractivity contribution is 0.140. The SMILES string of the molecule is CCCCC(CC)COc1ccc(C)cc1-c1cc(-c2sc(-c3sc(-c4sc(C)c5c4OCC(C)(C)CO5)c(OCC(CC)CCCC)c3OCC(CC)CCCC)c3c2OCC(C)(C)CO3)ccc1OCC(CC)CCCC. The lowest BCUT2D eigenvalue weighted by atomic mass is 9.96. The molecule has 0 fully saturated rings. The monoisotopic (exact) mass is 1140 g/mol. The van der Waals surface area contributed by atoms with Crippen LogP contribution in [-0.4, -0.2) is 52.9 Å². The molecule has 0 aliphatic carbocycles. The van der Waals surface area contributed by atoms with Crippen molar-refractivity contribution in [3.8, 4) is 87.1 Å². The van der Waals surface area contributed by atoms with Crippen molar-refractivity contribution in [2.45, 2.75) is 200 Å². The molecule has 2 aromatic carbocycles.